The molecule has 0 radical (unpaired) electrons. The Hall–Kier alpha value is -4.22. The minimum absolute atomic E-state index is 0.122. The number of pyridine rings is 1. The van der Waals surface area contributed by atoms with Gasteiger partial charge in [0.1, 0.15) is 17.4 Å². The molecule has 1 fully saturated rings. The Bertz CT molecular complexity index is 1500. The van der Waals surface area contributed by atoms with Crippen molar-refractivity contribution in [1.29, 1.82) is 0 Å². The number of anilines is 1. The Morgan fingerprint density at radius 2 is 2.00 bits per heavy atom. The maximum Gasteiger partial charge on any atom is 0.274 e. The maximum atomic E-state index is 13.5. The highest BCUT2D eigenvalue weighted by molar-refractivity contribution is 6.07. The zero-order valence-electron chi connectivity index (χ0n) is 21.8. The van der Waals surface area contributed by atoms with Gasteiger partial charge in [-0.1, -0.05) is 6.92 Å². The van der Waals surface area contributed by atoms with Crippen molar-refractivity contribution >= 4 is 34.7 Å². The van der Waals surface area contributed by atoms with Crippen molar-refractivity contribution in [2.45, 2.75) is 64.6 Å². The zero-order valence-corrected chi connectivity index (χ0v) is 21.8. The van der Waals surface area contributed by atoms with E-state index < -0.39 is 34.9 Å². The molecule has 0 saturated heterocycles. The van der Waals surface area contributed by atoms with Crippen LogP contribution in [0.15, 0.2) is 23.3 Å². The van der Waals surface area contributed by atoms with E-state index in [1.54, 1.807) is 18.0 Å². The van der Waals surface area contributed by atoms with Crippen LogP contribution >= 0.6 is 0 Å². The van der Waals surface area contributed by atoms with Crippen molar-refractivity contribution in [3.63, 3.8) is 0 Å². The summed E-state index contributed by atoms with van der Waals surface area (Å²) in [5, 5.41) is 13.2. The number of aromatic amines is 1. The van der Waals surface area contributed by atoms with Gasteiger partial charge in [-0.3, -0.25) is 24.1 Å². The first-order valence-corrected chi connectivity index (χ1v) is 12.8. The second kappa shape index (κ2) is 9.58. The number of aromatic nitrogens is 4. The number of carbonyl (C=O) groups excluding carboxylic acids is 3. The van der Waals surface area contributed by atoms with Gasteiger partial charge in [-0.05, 0) is 33.1 Å². The summed E-state index contributed by atoms with van der Waals surface area (Å²) in [6.07, 6.45) is 5.63. The summed E-state index contributed by atoms with van der Waals surface area (Å²) in [7, 11) is 1.48. The fourth-order valence-electron chi connectivity index (χ4n) is 4.86. The number of H-pyrrole nitrogens is 1. The van der Waals surface area contributed by atoms with Gasteiger partial charge >= 0.3 is 0 Å². The molecule has 12 nitrogen and oxygen atoms in total. The van der Waals surface area contributed by atoms with E-state index in [0.29, 0.717) is 35.7 Å². The van der Waals surface area contributed by atoms with E-state index in [0.717, 1.165) is 24.6 Å². The summed E-state index contributed by atoms with van der Waals surface area (Å²) in [4.78, 5) is 67.1. The number of nitrogens with zero attached hydrogens (tertiary/aromatic N) is 5. The number of fused-ring (bicyclic) bond motifs is 2. The molecule has 2 aliphatic rings. The molecule has 1 aliphatic carbocycles. The number of aromatic hydroxyl groups is 1. The molecule has 1 unspecified atom stereocenters. The fourth-order valence-corrected chi connectivity index (χ4v) is 4.86. The predicted molar refractivity (Wildman–Crippen MR) is 139 cm³/mol. The van der Waals surface area contributed by atoms with Crippen LogP contribution in [-0.4, -0.2) is 72.9 Å². The standard InChI is InChI=1S/C26H31N7O5/c1-5-16(30-24(36)15-11-27-23-20(15)29-17(12-28-23)14-6-7-14)25(37)31(4)19-10-18(34)22(35)21-26(38)32(13(2)3)8-9-33(19)21/h10-14,16,35H,5-9H2,1-4H3,(H,27,28)(H,30,36). The third-order valence-corrected chi connectivity index (χ3v) is 7.24. The Morgan fingerprint density at radius 1 is 1.26 bits per heavy atom. The average molecular weight is 522 g/mol. The lowest BCUT2D eigenvalue weighted by atomic mass is 10.1. The summed E-state index contributed by atoms with van der Waals surface area (Å²) in [6.45, 7) is 6.12. The van der Waals surface area contributed by atoms with E-state index in [1.165, 1.54) is 22.7 Å². The SMILES string of the molecule is CCC(NC(=O)c1c[nH]c2ncc(C3CC3)nc12)C(=O)N(C)c1cc(=O)c(O)c2n1CCN(C(C)C)C2=O. The lowest BCUT2D eigenvalue weighted by Crippen LogP contribution is -2.50. The Morgan fingerprint density at radius 3 is 2.66 bits per heavy atom. The minimum atomic E-state index is -0.913. The molecule has 3 N–H and O–H groups in total. The fraction of sp³-hybridized carbons (Fsp3) is 0.462. The van der Waals surface area contributed by atoms with Crippen LogP contribution < -0.4 is 15.6 Å². The van der Waals surface area contributed by atoms with E-state index in [1.807, 2.05) is 13.8 Å². The van der Waals surface area contributed by atoms with Gasteiger partial charge in [-0.15, -0.1) is 0 Å². The molecule has 3 aromatic heterocycles. The van der Waals surface area contributed by atoms with Crippen LogP contribution in [0.3, 0.4) is 0 Å². The second-order valence-electron chi connectivity index (χ2n) is 10.1. The van der Waals surface area contributed by atoms with Gasteiger partial charge < -0.3 is 24.9 Å². The normalized spacial score (nSPS) is 16.0. The highest BCUT2D eigenvalue weighted by Gasteiger charge is 2.34. The molecule has 5 rings (SSSR count). The van der Waals surface area contributed by atoms with Crippen LogP contribution in [0.2, 0.25) is 0 Å². The topological polar surface area (TPSA) is 154 Å². The Kier molecular flexibility index (Phi) is 6.41. The number of hydrogen-bond donors (Lipinski definition) is 3. The minimum Gasteiger partial charge on any atom is -0.503 e. The zero-order chi connectivity index (χ0) is 27.3. The first-order chi connectivity index (χ1) is 18.1. The van der Waals surface area contributed by atoms with Crippen molar-refractivity contribution in [2.24, 2.45) is 0 Å². The maximum absolute atomic E-state index is 13.5. The van der Waals surface area contributed by atoms with E-state index in [4.69, 9.17) is 0 Å². The van der Waals surface area contributed by atoms with Gasteiger partial charge in [-0.25, -0.2) is 9.97 Å². The number of rotatable bonds is 7. The van der Waals surface area contributed by atoms with Crippen LogP contribution in [0.4, 0.5) is 5.82 Å². The van der Waals surface area contributed by atoms with Gasteiger partial charge in [0.05, 0.1) is 17.5 Å². The molecular formula is C26H31N7O5. The van der Waals surface area contributed by atoms with E-state index >= 15 is 0 Å². The van der Waals surface area contributed by atoms with Crippen LogP contribution in [0.1, 0.15) is 72.5 Å². The second-order valence-corrected chi connectivity index (χ2v) is 10.1. The molecule has 0 spiro atoms. The van der Waals surface area contributed by atoms with Gasteiger partial charge in [-0.2, -0.15) is 0 Å². The van der Waals surface area contributed by atoms with Gasteiger partial charge in [0, 0.05) is 44.4 Å². The molecule has 4 heterocycles. The van der Waals surface area contributed by atoms with Gasteiger partial charge in [0.2, 0.25) is 11.3 Å². The number of nitrogens with one attached hydrogen (secondary N) is 2. The van der Waals surface area contributed by atoms with Crippen LogP contribution in [0.25, 0.3) is 11.2 Å². The van der Waals surface area contributed by atoms with Crippen molar-refractivity contribution < 1.29 is 19.5 Å². The number of carbonyl (C=O) groups is 3. The average Bonchev–Trinajstić information content (AvgIpc) is 3.66. The lowest BCUT2D eigenvalue weighted by molar-refractivity contribution is -0.120. The van der Waals surface area contributed by atoms with E-state index in [2.05, 4.69) is 20.3 Å². The van der Waals surface area contributed by atoms with Crippen molar-refractivity contribution in [1.82, 2.24) is 29.7 Å². The first kappa shape index (κ1) is 25.4. The molecule has 1 aliphatic heterocycles. The third-order valence-electron chi connectivity index (χ3n) is 7.24. The summed E-state index contributed by atoms with van der Waals surface area (Å²) in [5.74, 6) is -1.52. The van der Waals surface area contributed by atoms with Crippen LogP contribution in [0, 0.1) is 0 Å². The van der Waals surface area contributed by atoms with Crippen molar-refractivity contribution in [3.05, 3.63) is 45.6 Å². The monoisotopic (exact) mass is 521 g/mol. The molecule has 38 heavy (non-hydrogen) atoms. The first-order valence-electron chi connectivity index (χ1n) is 12.8. The molecule has 12 heteroatoms. The molecule has 0 bridgehead atoms. The van der Waals surface area contributed by atoms with E-state index in [-0.39, 0.29) is 24.0 Å². The molecular weight excluding hydrogens is 490 g/mol. The number of amides is 3. The largest absolute Gasteiger partial charge is 0.503 e. The van der Waals surface area contributed by atoms with Gasteiger partial charge in [0.15, 0.2) is 17.1 Å². The molecule has 0 aromatic carbocycles. The summed E-state index contributed by atoms with van der Waals surface area (Å²) in [6, 6.07) is 0.102. The Balaban J connectivity index is 1.41. The molecule has 3 amide bonds. The summed E-state index contributed by atoms with van der Waals surface area (Å²) >= 11 is 0. The molecule has 3 aromatic rings. The highest BCUT2D eigenvalue weighted by Crippen LogP contribution is 2.39. The van der Waals surface area contributed by atoms with Crippen molar-refractivity contribution in [2.75, 3.05) is 18.5 Å². The van der Waals surface area contributed by atoms with E-state index in [9.17, 15) is 24.3 Å². The highest BCUT2D eigenvalue weighted by atomic mass is 16.3. The third kappa shape index (κ3) is 4.29. The quantitative estimate of drug-likeness (QED) is 0.428. The van der Waals surface area contributed by atoms with Crippen LogP contribution in [0.5, 0.6) is 5.75 Å². The molecule has 1 saturated carbocycles. The molecule has 200 valence electrons. The predicted octanol–water partition coefficient (Wildman–Crippen LogP) is 1.74. The molecule has 1 atom stereocenters. The van der Waals surface area contributed by atoms with Crippen LogP contribution in [-0.2, 0) is 11.3 Å². The summed E-state index contributed by atoms with van der Waals surface area (Å²) in [5.41, 5.74) is 1.18. The number of likely N-dealkylation sites (N-methyl/N-ethyl adjacent to an activating group) is 1. The Labute approximate surface area is 218 Å². The lowest BCUT2D eigenvalue weighted by Gasteiger charge is -2.36. The van der Waals surface area contributed by atoms with Crippen molar-refractivity contribution in [3.8, 4) is 5.75 Å². The number of hydrogen-bond acceptors (Lipinski definition) is 7. The summed E-state index contributed by atoms with van der Waals surface area (Å²) < 4.78 is 1.49. The van der Waals surface area contributed by atoms with Gasteiger partial charge in [0.25, 0.3) is 11.8 Å². The smallest absolute Gasteiger partial charge is 0.274 e.